The number of nitrogens with zero attached hydrogens (tertiary/aromatic N) is 5. The lowest BCUT2D eigenvalue weighted by molar-refractivity contribution is -0.123. The zero-order valence-electron chi connectivity index (χ0n) is 17.6. The molecule has 0 saturated heterocycles. The fraction of sp³-hybridized carbons (Fsp3) is 0.208. The minimum absolute atomic E-state index is 0.257. The zero-order chi connectivity index (χ0) is 22.0. The first kappa shape index (κ1) is 18.7. The summed E-state index contributed by atoms with van der Waals surface area (Å²) < 4.78 is 1.71. The lowest BCUT2D eigenvalue weighted by atomic mass is 9.94. The summed E-state index contributed by atoms with van der Waals surface area (Å²) in [5.74, 6) is -0.0227. The number of hydrogen-bond acceptors (Lipinski definition) is 6. The van der Waals surface area contributed by atoms with E-state index in [1.165, 1.54) is 5.56 Å². The van der Waals surface area contributed by atoms with Crippen LogP contribution in [0.4, 0.5) is 5.69 Å². The Morgan fingerprint density at radius 2 is 1.94 bits per heavy atom. The first-order valence-electron chi connectivity index (χ1n) is 10.6. The van der Waals surface area contributed by atoms with Crippen molar-refractivity contribution in [1.29, 1.82) is 0 Å². The van der Waals surface area contributed by atoms with E-state index in [0.717, 1.165) is 17.7 Å². The second-order valence-corrected chi connectivity index (χ2v) is 8.48. The zero-order valence-corrected chi connectivity index (χ0v) is 17.6. The average molecular weight is 424 g/mol. The Labute approximate surface area is 184 Å². The Morgan fingerprint density at radius 1 is 1.09 bits per heavy atom. The second-order valence-electron chi connectivity index (χ2n) is 8.48. The number of para-hydroxylation sites is 1. The second kappa shape index (κ2) is 6.71. The highest BCUT2D eigenvalue weighted by molar-refractivity contribution is 6.47. The summed E-state index contributed by atoms with van der Waals surface area (Å²) in [5, 5.41) is 2.45. The van der Waals surface area contributed by atoms with Crippen LogP contribution in [0.3, 0.4) is 0 Å². The van der Waals surface area contributed by atoms with Crippen LogP contribution in [-0.2, 0) is 16.0 Å². The van der Waals surface area contributed by atoms with Gasteiger partial charge in [-0.3, -0.25) is 24.3 Å². The fourth-order valence-corrected chi connectivity index (χ4v) is 4.87. The molecule has 1 N–H and O–H groups in total. The largest absolute Gasteiger partial charge is 0.342 e. The topological polar surface area (TPSA) is 92.0 Å². The molecule has 0 aliphatic carbocycles. The number of anilines is 1. The first-order chi connectivity index (χ1) is 15.5. The molecule has 3 aromatic rings. The summed E-state index contributed by atoms with van der Waals surface area (Å²) in [7, 11) is 0. The summed E-state index contributed by atoms with van der Waals surface area (Å²) in [4.78, 5) is 41.4. The van der Waals surface area contributed by atoms with Crippen molar-refractivity contribution in [3.05, 3.63) is 77.6 Å². The molecular weight excluding hydrogens is 404 g/mol. The van der Waals surface area contributed by atoms with Gasteiger partial charge in [-0.2, -0.15) is 0 Å². The van der Waals surface area contributed by atoms with Gasteiger partial charge in [-0.1, -0.05) is 32.0 Å². The molecule has 1 atom stereocenters. The van der Waals surface area contributed by atoms with Gasteiger partial charge in [0.25, 0.3) is 11.8 Å². The van der Waals surface area contributed by atoms with E-state index < -0.39 is 11.8 Å². The molecule has 2 amide bonds. The van der Waals surface area contributed by atoms with Gasteiger partial charge in [-0.05, 0) is 24.0 Å². The highest BCUT2D eigenvalue weighted by Crippen LogP contribution is 2.41. The molecule has 158 valence electrons. The number of imidazole rings is 1. The van der Waals surface area contributed by atoms with E-state index in [2.05, 4.69) is 45.1 Å². The van der Waals surface area contributed by atoms with Crippen molar-refractivity contribution >= 4 is 34.6 Å². The number of carbonyl (C=O) groups is 2. The van der Waals surface area contributed by atoms with Gasteiger partial charge < -0.3 is 4.90 Å². The monoisotopic (exact) mass is 424 g/mol. The van der Waals surface area contributed by atoms with Crippen molar-refractivity contribution in [3.8, 4) is 0 Å². The lowest BCUT2D eigenvalue weighted by Gasteiger charge is -2.27. The van der Waals surface area contributed by atoms with Crippen LogP contribution in [-0.4, -0.2) is 37.9 Å². The minimum atomic E-state index is -0.462. The van der Waals surface area contributed by atoms with Crippen molar-refractivity contribution in [1.82, 2.24) is 19.7 Å². The van der Waals surface area contributed by atoms with Gasteiger partial charge in [0.05, 0.1) is 34.4 Å². The summed E-state index contributed by atoms with van der Waals surface area (Å²) in [6.45, 7) is 4.42. The van der Waals surface area contributed by atoms with Crippen LogP contribution in [0.2, 0.25) is 0 Å². The summed E-state index contributed by atoms with van der Waals surface area (Å²) in [6.07, 6.45) is 9.59. The molecule has 32 heavy (non-hydrogen) atoms. The predicted octanol–water partition coefficient (Wildman–Crippen LogP) is 2.50. The van der Waals surface area contributed by atoms with Crippen molar-refractivity contribution in [2.75, 3.05) is 4.90 Å². The SMILES string of the molecule is CC(C)C1Cc2cccc3c2N1C=CN=C3C1=C(c2cnc3ncccn23)C(=O)NC1=O. The lowest BCUT2D eigenvalue weighted by Crippen LogP contribution is -2.32. The van der Waals surface area contributed by atoms with E-state index in [1.807, 2.05) is 18.3 Å². The number of rotatable bonds is 3. The van der Waals surface area contributed by atoms with Gasteiger partial charge >= 0.3 is 0 Å². The van der Waals surface area contributed by atoms with E-state index in [4.69, 9.17) is 0 Å². The number of hydrogen-bond donors (Lipinski definition) is 1. The van der Waals surface area contributed by atoms with E-state index in [-0.39, 0.29) is 11.1 Å². The van der Waals surface area contributed by atoms with E-state index in [1.54, 1.807) is 35.3 Å². The van der Waals surface area contributed by atoms with Crippen molar-refractivity contribution in [3.63, 3.8) is 0 Å². The number of imide groups is 1. The number of benzene rings is 1. The summed E-state index contributed by atoms with van der Waals surface area (Å²) in [6, 6.07) is 8.15. The molecule has 3 aliphatic rings. The molecule has 8 heteroatoms. The Bertz CT molecular complexity index is 1410. The maximum atomic E-state index is 13.0. The van der Waals surface area contributed by atoms with Gasteiger partial charge in [-0.15, -0.1) is 0 Å². The molecule has 1 unspecified atom stereocenters. The summed E-state index contributed by atoms with van der Waals surface area (Å²) >= 11 is 0. The molecule has 0 radical (unpaired) electrons. The average Bonchev–Trinajstić information content (AvgIpc) is 3.40. The molecule has 8 nitrogen and oxygen atoms in total. The van der Waals surface area contributed by atoms with Gasteiger partial charge in [0.2, 0.25) is 5.78 Å². The third kappa shape index (κ3) is 2.52. The Balaban J connectivity index is 1.59. The van der Waals surface area contributed by atoms with E-state index >= 15 is 0 Å². The molecule has 0 saturated carbocycles. The standard InChI is InChI=1S/C24H20N6O2/c1-13(2)16-11-14-5-3-6-15-20(25-8-10-29(16)21(14)15)19-18(22(31)28-23(19)32)17-12-27-24-26-7-4-9-30(17)24/h3-10,12-13,16H,11H2,1-2H3,(H,28,31,32). The number of fused-ring (bicyclic) bond motifs is 1. The molecule has 0 bridgehead atoms. The molecule has 0 fully saturated rings. The highest BCUT2D eigenvalue weighted by atomic mass is 16.2. The number of aromatic nitrogens is 3. The molecule has 5 heterocycles. The summed E-state index contributed by atoms with van der Waals surface area (Å²) in [5.41, 5.74) is 4.62. The van der Waals surface area contributed by atoms with Gasteiger partial charge in [0.15, 0.2) is 0 Å². The van der Waals surface area contributed by atoms with Crippen molar-refractivity contribution in [2.45, 2.75) is 26.3 Å². The van der Waals surface area contributed by atoms with Crippen LogP contribution in [0.1, 0.15) is 30.7 Å². The third-order valence-electron chi connectivity index (χ3n) is 6.33. The van der Waals surface area contributed by atoms with Crippen LogP contribution in [0, 0.1) is 5.92 Å². The van der Waals surface area contributed by atoms with E-state index in [0.29, 0.717) is 29.1 Å². The normalized spacial score (nSPS) is 19.7. The molecule has 6 rings (SSSR count). The highest BCUT2D eigenvalue weighted by Gasteiger charge is 2.40. The molecule has 2 aromatic heterocycles. The maximum absolute atomic E-state index is 13.0. The van der Waals surface area contributed by atoms with Gasteiger partial charge in [0, 0.05) is 36.4 Å². The smallest absolute Gasteiger partial charge is 0.261 e. The fourth-order valence-electron chi connectivity index (χ4n) is 4.87. The first-order valence-corrected chi connectivity index (χ1v) is 10.6. The number of amides is 2. The predicted molar refractivity (Wildman–Crippen MR) is 120 cm³/mol. The van der Waals surface area contributed by atoms with Crippen LogP contribution in [0.15, 0.2) is 65.8 Å². The Kier molecular flexibility index (Phi) is 3.92. The number of carbonyl (C=O) groups excluding carboxylic acids is 2. The van der Waals surface area contributed by atoms with Crippen LogP contribution in [0.25, 0.3) is 11.4 Å². The molecule has 0 spiro atoms. The van der Waals surface area contributed by atoms with Gasteiger partial charge in [0.1, 0.15) is 0 Å². The number of nitrogens with one attached hydrogen (secondary N) is 1. The Morgan fingerprint density at radius 3 is 2.78 bits per heavy atom. The van der Waals surface area contributed by atoms with Crippen molar-refractivity contribution in [2.24, 2.45) is 10.9 Å². The van der Waals surface area contributed by atoms with Crippen LogP contribution < -0.4 is 10.2 Å². The van der Waals surface area contributed by atoms with Crippen LogP contribution in [0.5, 0.6) is 0 Å². The molecular formula is C24H20N6O2. The minimum Gasteiger partial charge on any atom is -0.342 e. The van der Waals surface area contributed by atoms with Gasteiger partial charge in [-0.25, -0.2) is 9.97 Å². The van der Waals surface area contributed by atoms with E-state index in [9.17, 15) is 9.59 Å². The molecule has 3 aliphatic heterocycles. The number of aliphatic imine (C=N–C) groups is 1. The van der Waals surface area contributed by atoms with Crippen LogP contribution >= 0.6 is 0 Å². The quantitative estimate of drug-likeness (QED) is 0.653. The maximum Gasteiger partial charge on any atom is 0.261 e. The Hall–Kier alpha value is -4.07. The third-order valence-corrected chi connectivity index (χ3v) is 6.33. The van der Waals surface area contributed by atoms with Crippen molar-refractivity contribution < 1.29 is 9.59 Å². The molecule has 1 aromatic carbocycles.